The lowest BCUT2D eigenvalue weighted by molar-refractivity contribution is 0.414. The lowest BCUT2D eigenvalue weighted by atomic mass is 10.2. The van der Waals surface area contributed by atoms with Crippen molar-refractivity contribution in [1.82, 2.24) is 35.0 Å². The molecule has 0 radical (unpaired) electrons. The number of halogens is 1. The van der Waals surface area contributed by atoms with Crippen molar-refractivity contribution in [1.29, 1.82) is 0 Å². The van der Waals surface area contributed by atoms with Crippen LogP contribution in [0.5, 0.6) is 11.5 Å². The van der Waals surface area contributed by atoms with Crippen molar-refractivity contribution in [3.63, 3.8) is 0 Å². The van der Waals surface area contributed by atoms with Crippen molar-refractivity contribution in [2.75, 3.05) is 27.3 Å². The summed E-state index contributed by atoms with van der Waals surface area (Å²) in [5.74, 6) is 1.29. The number of sulfonamides is 2. The highest BCUT2D eigenvalue weighted by molar-refractivity contribution is 14.1. The molecule has 1 aromatic heterocycles. The third-order valence-electron chi connectivity index (χ3n) is 6.80. The first-order chi connectivity index (χ1) is 20.6. The Morgan fingerprint density at radius 2 is 1.58 bits per heavy atom. The molecule has 1 atom stereocenters. The van der Waals surface area contributed by atoms with Crippen LogP contribution in [-0.2, 0) is 33.1 Å². The highest BCUT2D eigenvalue weighted by atomic mass is 127. The maximum atomic E-state index is 14.0. The molecule has 13 nitrogen and oxygen atoms in total. The monoisotopic (exact) mass is 739 g/mol. The van der Waals surface area contributed by atoms with E-state index in [0.717, 1.165) is 5.56 Å². The summed E-state index contributed by atoms with van der Waals surface area (Å²) in [7, 11) is -5.59. The molecular weight excluding hydrogens is 709 g/mol. The van der Waals surface area contributed by atoms with E-state index in [0.29, 0.717) is 40.1 Å². The normalized spacial score (nSPS) is 15.5. The minimum atomic E-state index is -4.43. The zero-order valence-electron chi connectivity index (χ0n) is 23.3. The molecule has 0 saturated carbocycles. The van der Waals surface area contributed by atoms with Gasteiger partial charge in [-0.1, -0.05) is 24.3 Å². The predicted octanol–water partition coefficient (Wildman–Crippen LogP) is 2.13. The topological polar surface area (TPSA) is 166 Å². The van der Waals surface area contributed by atoms with Crippen LogP contribution in [0.3, 0.4) is 0 Å². The van der Waals surface area contributed by atoms with Gasteiger partial charge in [-0.2, -0.15) is 4.80 Å². The quantitative estimate of drug-likeness (QED) is 0.183. The average molecular weight is 740 g/mol. The molecule has 1 fully saturated rings. The van der Waals surface area contributed by atoms with Crippen LogP contribution in [0.2, 0.25) is 0 Å². The maximum absolute atomic E-state index is 14.0. The van der Waals surface area contributed by atoms with Crippen molar-refractivity contribution >= 4 is 42.6 Å². The summed E-state index contributed by atoms with van der Waals surface area (Å²) < 4.78 is 71.4. The van der Waals surface area contributed by atoms with Crippen LogP contribution in [0, 0.1) is 3.57 Å². The van der Waals surface area contributed by atoms with E-state index in [1.54, 1.807) is 43.5 Å². The van der Waals surface area contributed by atoms with Gasteiger partial charge in [0, 0.05) is 22.7 Å². The minimum Gasteiger partial charge on any atom is -0.497 e. The Kier molecular flexibility index (Phi) is 9.62. The van der Waals surface area contributed by atoms with Gasteiger partial charge >= 0.3 is 0 Å². The number of methoxy groups -OCH3 is 2. The van der Waals surface area contributed by atoms with Crippen LogP contribution in [0.15, 0.2) is 70.5 Å². The van der Waals surface area contributed by atoms with Gasteiger partial charge in [0.05, 0.1) is 26.3 Å². The van der Waals surface area contributed by atoms with E-state index < -0.39 is 29.8 Å². The number of ether oxygens (including phenoxy) is 2. The fourth-order valence-corrected chi connectivity index (χ4v) is 8.76. The molecule has 0 aliphatic carbocycles. The molecule has 1 saturated heterocycles. The molecule has 43 heavy (non-hydrogen) atoms. The third-order valence-corrected chi connectivity index (χ3v) is 10.9. The van der Waals surface area contributed by atoms with E-state index in [4.69, 9.17) is 9.47 Å². The second-order valence-corrected chi connectivity index (χ2v) is 14.3. The van der Waals surface area contributed by atoms with Gasteiger partial charge in [0.1, 0.15) is 21.3 Å². The summed E-state index contributed by atoms with van der Waals surface area (Å²) >= 11 is 1.95. The number of nitrogens with one attached hydrogen (secondary N) is 3. The zero-order chi connectivity index (χ0) is 30.6. The number of nitrogens with zero attached hydrogens (tertiary/aromatic N) is 4. The van der Waals surface area contributed by atoms with Gasteiger partial charge in [0.2, 0.25) is 25.9 Å². The highest BCUT2D eigenvalue weighted by Gasteiger charge is 2.34. The smallest absolute Gasteiger partial charge is 0.243 e. The van der Waals surface area contributed by atoms with Crippen LogP contribution in [0.4, 0.5) is 0 Å². The SMILES string of the molecule is COc1ccc(CNS(=O)(=O)c2c(S(=O)(=O)N[C@@H]3CCNC3)ccc(I)c2-c2nnn(Cc3ccc(OC)cc3)n2)cc1. The summed E-state index contributed by atoms with van der Waals surface area (Å²) in [5, 5.41) is 15.8. The highest BCUT2D eigenvalue weighted by Crippen LogP contribution is 2.35. The van der Waals surface area contributed by atoms with Gasteiger partial charge in [-0.05, 0) is 88.3 Å². The van der Waals surface area contributed by atoms with Crippen molar-refractivity contribution in [2.45, 2.75) is 35.3 Å². The Morgan fingerprint density at radius 1 is 0.930 bits per heavy atom. The maximum Gasteiger partial charge on any atom is 0.243 e. The van der Waals surface area contributed by atoms with Crippen LogP contribution >= 0.6 is 22.6 Å². The third kappa shape index (κ3) is 7.32. The molecule has 0 bridgehead atoms. The average Bonchev–Trinajstić information content (AvgIpc) is 3.68. The second kappa shape index (κ2) is 13.2. The zero-order valence-corrected chi connectivity index (χ0v) is 27.1. The Labute approximate surface area is 263 Å². The first-order valence-electron chi connectivity index (χ1n) is 13.2. The second-order valence-electron chi connectivity index (χ2n) is 9.72. The molecule has 228 valence electrons. The Bertz CT molecular complexity index is 1790. The molecule has 16 heteroatoms. The molecule has 1 aliphatic rings. The Morgan fingerprint density at radius 3 is 2.19 bits per heavy atom. The summed E-state index contributed by atoms with van der Waals surface area (Å²) in [6, 6.07) is 16.6. The molecule has 5 rings (SSSR count). The fraction of sp³-hybridized carbons (Fsp3) is 0.296. The van der Waals surface area contributed by atoms with Gasteiger partial charge in [-0.15, -0.1) is 10.2 Å². The predicted molar refractivity (Wildman–Crippen MR) is 167 cm³/mol. The van der Waals surface area contributed by atoms with E-state index in [-0.39, 0.29) is 30.5 Å². The van der Waals surface area contributed by atoms with E-state index >= 15 is 0 Å². The number of aromatic nitrogens is 4. The molecule has 0 spiro atoms. The lowest BCUT2D eigenvalue weighted by Crippen LogP contribution is -2.37. The Hall–Kier alpha value is -3.16. The summed E-state index contributed by atoms with van der Waals surface area (Å²) in [4.78, 5) is 0.469. The Balaban J connectivity index is 1.55. The van der Waals surface area contributed by atoms with Crippen LogP contribution in [0.1, 0.15) is 17.5 Å². The van der Waals surface area contributed by atoms with Gasteiger partial charge in [-0.3, -0.25) is 0 Å². The van der Waals surface area contributed by atoms with E-state index in [1.807, 2.05) is 34.7 Å². The molecule has 1 aliphatic heterocycles. The van der Waals surface area contributed by atoms with Gasteiger partial charge in [-0.25, -0.2) is 26.3 Å². The van der Waals surface area contributed by atoms with E-state index in [2.05, 4.69) is 30.2 Å². The number of hydrogen-bond donors (Lipinski definition) is 3. The molecule has 0 amide bonds. The van der Waals surface area contributed by atoms with Gasteiger partial charge in [0.15, 0.2) is 0 Å². The number of hydrogen-bond acceptors (Lipinski definition) is 10. The van der Waals surface area contributed by atoms with Gasteiger partial charge < -0.3 is 14.8 Å². The van der Waals surface area contributed by atoms with Gasteiger partial charge in [0.25, 0.3) is 0 Å². The largest absolute Gasteiger partial charge is 0.497 e. The molecule has 0 unspecified atom stereocenters. The van der Waals surface area contributed by atoms with Crippen molar-refractivity contribution in [2.24, 2.45) is 0 Å². The number of rotatable bonds is 12. The fourth-order valence-electron chi connectivity index (χ4n) is 4.56. The minimum absolute atomic E-state index is 0.0256. The summed E-state index contributed by atoms with van der Waals surface area (Å²) in [6.07, 6.45) is 0.579. The number of tetrazole rings is 1. The van der Waals surface area contributed by atoms with Crippen LogP contribution in [-0.4, -0.2) is 70.4 Å². The van der Waals surface area contributed by atoms with E-state index in [9.17, 15) is 16.8 Å². The first kappa shape index (κ1) is 31.3. The molecule has 2 heterocycles. The lowest BCUT2D eigenvalue weighted by Gasteiger charge is -2.18. The van der Waals surface area contributed by atoms with Crippen molar-refractivity contribution in [3.05, 3.63) is 75.4 Å². The standard InChI is InChI=1S/C27H30IN7O6S2/c1-40-21-7-3-18(4-8-21)15-30-43(38,39)26-24(42(36,37)33-20-13-14-29-16-20)12-11-23(28)25(26)27-31-34-35(32-27)17-19-5-9-22(41-2)10-6-19/h3-12,20,29-30,33H,13-17H2,1-2H3/t20-/m1/s1. The molecule has 3 N–H and O–H groups in total. The van der Waals surface area contributed by atoms with Crippen LogP contribution in [0.25, 0.3) is 11.4 Å². The molecule has 4 aromatic rings. The summed E-state index contributed by atoms with van der Waals surface area (Å²) in [5.41, 5.74) is 1.55. The molecular formula is C27H30IN7O6S2. The van der Waals surface area contributed by atoms with E-state index in [1.165, 1.54) is 24.0 Å². The summed E-state index contributed by atoms with van der Waals surface area (Å²) in [6.45, 7) is 1.25. The van der Waals surface area contributed by atoms with Crippen molar-refractivity contribution < 1.29 is 26.3 Å². The van der Waals surface area contributed by atoms with Crippen molar-refractivity contribution in [3.8, 4) is 22.9 Å². The molecule has 3 aromatic carbocycles. The number of benzene rings is 3. The van der Waals surface area contributed by atoms with Crippen LogP contribution < -0.4 is 24.2 Å². The first-order valence-corrected chi connectivity index (χ1v) is 17.2.